The lowest BCUT2D eigenvalue weighted by Crippen LogP contribution is -2.19. The van der Waals surface area contributed by atoms with Crippen LogP contribution in [0.15, 0.2) is 23.5 Å². The quantitative estimate of drug-likeness (QED) is 0.658. The summed E-state index contributed by atoms with van der Waals surface area (Å²) in [4.78, 5) is 29.8. The number of aromatic nitrogens is 3. The normalized spacial score (nSPS) is 10.6. The Balaban J connectivity index is 3.08. The summed E-state index contributed by atoms with van der Waals surface area (Å²) >= 11 is 5.06. The number of H-pyrrole nitrogens is 1. The minimum Gasteiger partial charge on any atom is -0.478 e. The SMILES string of the molecule is C=CCn1c(=S)[nH]c(=O)c2c(C(=O)O)cc(C)nc21. The van der Waals surface area contributed by atoms with Crippen LogP contribution < -0.4 is 5.56 Å². The minimum atomic E-state index is -1.18. The molecule has 2 aromatic heterocycles. The van der Waals surface area contributed by atoms with Gasteiger partial charge in [-0.1, -0.05) is 6.08 Å². The number of aromatic amines is 1. The predicted molar refractivity (Wildman–Crippen MR) is 73.1 cm³/mol. The Labute approximate surface area is 113 Å². The fraction of sp³-hybridized carbons (Fsp3) is 0.167. The second-order valence-corrected chi connectivity index (χ2v) is 4.36. The third-order valence-electron chi connectivity index (χ3n) is 2.62. The van der Waals surface area contributed by atoms with Crippen LogP contribution in [0.2, 0.25) is 0 Å². The van der Waals surface area contributed by atoms with Gasteiger partial charge in [0.15, 0.2) is 4.77 Å². The van der Waals surface area contributed by atoms with Gasteiger partial charge >= 0.3 is 5.97 Å². The number of fused-ring (bicyclic) bond motifs is 1. The summed E-state index contributed by atoms with van der Waals surface area (Å²) in [5.41, 5.74) is 0.121. The van der Waals surface area contributed by atoms with Gasteiger partial charge in [-0.3, -0.25) is 14.3 Å². The van der Waals surface area contributed by atoms with Crippen LogP contribution >= 0.6 is 12.2 Å². The number of aromatic carboxylic acids is 1. The molecule has 0 saturated carbocycles. The highest BCUT2D eigenvalue weighted by atomic mass is 32.1. The highest BCUT2D eigenvalue weighted by Crippen LogP contribution is 2.15. The van der Waals surface area contributed by atoms with E-state index in [2.05, 4.69) is 16.5 Å². The van der Waals surface area contributed by atoms with Crippen molar-refractivity contribution in [3.8, 4) is 0 Å². The summed E-state index contributed by atoms with van der Waals surface area (Å²) in [5, 5.41) is 9.21. The van der Waals surface area contributed by atoms with Crippen LogP contribution in [-0.2, 0) is 6.54 Å². The van der Waals surface area contributed by atoms with Crippen molar-refractivity contribution in [1.82, 2.24) is 14.5 Å². The number of rotatable bonds is 3. The number of carboxylic acid groups (broad SMARTS) is 1. The zero-order valence-electron chi connectivity index (χ0n) is 10.1. The van der Waals surface area contributed by atoms with Gasteiger partial charge in [-0.05, 0) is 25.2 Å². The lowest BCUT2D eigenvalue weighted by atomic mass is 10.1. The molecular formula is C12H11N3O3S. The van der Waals surface area contributed by atoms with Gasteiger partial charge < -0.3 is 5.11 Å². The molecule has 0 amide bonds. The van der Waals surface area contributed by atoms with Crippen molar-refractivity contribution in [3.63, 3.8) is 0 Å². The van der Waals surface area contributed by atoms with E-state index in [9.17, 15) is 14.7 Å². The van der Waals surface area contributed by atoms with Crippen LogP contribution in [0.5, 0.6) is 0 Å². The van der Waals surface area contributed by atoms with E-state index >= 15 is 0 Å². The van der Waals surface area contributed by atoms with E-state index in [1.165, 1.54) is 6.07 Å². The number of hydrogen-bond donors (Lipinski definition) is 2. The first-order valence-corrected chi connectivity index (χ1v) is 5.85. The van der Waals surface area contributed by atoms with Gasteiger partial charge in [0.25, 0.3) is 5.56 Å². The molecule has 0 aliphatic carbocycles. The van der Waals surface area contributed by atoms with E-state index in [0.717, 1.165) is 0 Å². The topological polar surface area (TPSA) is 88.0 Å². The average Bonchev–Trinajstić information content (AvgIpc) is 2.32. The number of nitrogens with one attached hydrogen (secondary N) is 1. The predicted octanol–water partition coefficient (Wildman–Crippen LogP) is 1.65. The summed E-state index contributed by atoms with van der Waals surface area (Å²) in [7, 11) is 0. The molecule has 98 valence electrons. The number of hydrogen-bond acceptors (Lipinski definition) is 4. The number of carboxylic acids is 1. The van der Waals surface area contributed by atoms with Crippen LogP contribution in [0.4, 0.5) is 0 Å². The molecule has 0 saturated heterocycles. The maximum atomic E-state index is 11.9. The first-order valence-electron chi connectivity index (χ1n) is 5.44. The van der Waals surface area contributed by atoms with Gasteiger partial charge in [0.2, 0.25) is 0 Å². The Kier molecular flexibility index (Phi) is 3.30. The van der Waals surface area contributed by atoms with E-state index < -0.39 is 11.5 Å². The maximum Gasteiger partial charge on any atom is 0.336 e. The van der Waals surface area contributed by atoms with Crippen LogP contribution in [-0.4, -0.2) is 25.6 Å². The average molecular weight is 277 g/mol. The summed E-state index contributed by atoms with van der Waals surface area (Å²) in [5.74, 6) is -1.18. The Hall–Kier alpha value is -2.28. The molecule has 0 unspecified atom stereocenters. The van der Waals surface area contributed by atoms with Crippen molar-refractivity contribution in [2.24, 2.45) is 0 Å². The number of allylic oxidation sites excluding steroid dienone is 1. The molecule has 2 aromatic rings. The van der Waals surface area contributed by atoms with E-state index in [-0.39, 0.29) is 21.4 Å². The lowest BCUT2D eigenvalue weighted by molar-refractivity contribution is 0.0698. The monoisotopic (exact) mass is 277 g/mol. The zero-order valence-corrected chi connectivity index (χ0v) is 11.0. The smallest absolute Gasteiger partial charge is 0.336 e. The van der Waals surface area contributed by atoms with Gasteiger partial charge in [0.1, 0.15) is 5.65 Å². The van der Waals surface area contributed by atoms with E-state index in [0.29, 0.717) is 12.2 Å². The maximum absolute atomic E-state index is 11.9. The van der Waals surface area contributed by atoms with E-state index in [1.54, 1.807) is 17.6 Å². The molecule has 0 bridgehead atoms. The van der Waals surface area contributed by atoms with Crippen molar-refractivity contribution in [1.29, 1.82) is 0 Å². The zero-order chi connectivity index (χ0) is 14.2. The molecule has 0 aliphatic rings. The number of pyridine rings is 1. The Morgan fingerprint density at radius 1 is 1.68 bits per heavy atom. The van der Waals surface area contributed by atoms with Crippen molar-refractivity contribution in [2.75, 3.05) is 0 Å². The molecular weight excluding hydrogens is 266 g/mol. The van der Waals surface area contributed by atoms with Gasteiger partial charge in [-0.2, -0.15) is 0 Å². The third-order valence-corrected chi connectivity index (χ3v) is 2.94. The second-order valence-electron chi connectivity index (χ2n) is 3.97. The number of carbonyl (C=O) groups is 1. The van der Waals surface area contributed by atoms with Gasteiger partial charge in [0, 0.05) is 12.2 Å². The molecule has 0 radical (unpaired) electrons. The van der Waals surface area contributed by atoms with Crippen molar-refractivity contribution in [3.05, 3.63) is 45.1 Å². The van der Waals surface area contributed by atoms with Crippen LogP contribution in [0, 0.1) is 11.7 Å². The fourth-order valence-electron chi connectivity index (χ4n) is 1.87. The van der Waals surface area contributed by atoms with Gasteiger partial charge in [0.05, 0.1) is 10.9 Å². The van der Waals surface area contributed by atoms with Gasteiger partial charge in [-0.25, -0.2) is 9.78 Å². The van der Waals surface area contributed by atoms with E-state index in [4.69, 9.17) is 12.2 Å². The summed E-state index contributed by atoms with van der Waals surface area (Å²) in [6, 6.07) is 1.36. The highest BCUT2D eigenvalue weighted by molar-refractivity contribution is 7.71. The minimum absolute atomic E-state index is 0.0218. The van der Waals surface area contributed by atoms with Crippen LogP contribution in [0.3, 0.4) is 0 Å². The van der Waals surface area contributed by atoms with Crippen molar-refractivity contribution < 1.29 is 9.90 Å². The molecule has 2 N–H and O–H groups in total. The molecule has 0 atom stereocenters. The van der Waals surface area contributed by atoms with Gasteiger partial charge in [-0.15, -0.1) is 6.58 Å². The Morgan fingerprint density at radius 3 is 2.95 bits per heavy atom. The standard InChI is InChI=1S/C12H11N3O3S/c1-3-4-15-9-8(10(16)14-12(15)19)7(11(17)18)5-6(2)13-9/h3,5H,1,4H2,2H3,(H,17,18)(H,14,16,19). The van der Waals surface area contributed by atoms with Crippen LogP contribution in [0.25, 0.3) is 11.0 Å². The molecule has 2 rings (SSSR count). The second kappa shape index (κ2) is 4.77. The molecule has 0 fully saturated rings. The van der Waals surface area contributed by atoms with Crippen LogP contribution in [0.1, 0.15) is 16.1 Å². The first kappa shape index (κ1) is 13.2. The Morgan fingerprint density at radius 2 is 2.37 bits per heavy atom. The first-order chi connectivity index (χ1) is 8.95. The number of nitrogens with zero attached hydrogens (tertiary/aromatic N) is 2. The molecule has 0 aromatic carbocycles. The van der Waals surface area contributed by atoms with E-state index in [1.807, 2.05) is 0 Å². The fourth-order valence-corrected chi connectivity index (χ4v) is 2.12. The lowest BCUT2D eigenvalue weighted by Gasteiger charge is -2.10. The molecule has 19 heavy (non-hydrogen) atoms. The third kappa shape index (κ3) is 2.19. The molecule has 7 heteroatoms. The largest absolute Gasteiger partial charge is 0.478 e. The van der Waals surface area contributed by atoms with Crippen molar-refractivity contribution >= 4 is 29.2 Å². The molecule has 0 spiro atoms. The summed E-state index contributed by atoms with van der Waals surface area (Å²) < 4.78 is 1.73. The molecule has 6 nitrogen and oxygen atoms in total. The number of aryl methyl sites for hydroxylation is 1. The Bertz CT molecular complexity index is 804. The summed E-state index contributed by atoms with van der Waals surface area (Å²) in [6.07, 6.45) is 1.60. The molecule has 0 aliphatic heterocycles. The summed E-state index contributed by atoms with van der Waals surface area (Å²) in [6.45, 7) is 5.60. The molecule has 2 heterocycles. The highest BCUT2D eigenvalue weighted by Gasteiger charge is 2.16. The van der Waals surface area contributed by atoms with Crippen molar-refractivity contribution in [2.45, 2.75) is 13.5 Å².